The van der Waals surface area contributed by atoms with Crippen LogP contribution in [-0.4, -0.2) is 10.5 Å². The zero-order valence-corrected chi connectivity index (χ0v) is 13.4. The molecule has 22 heavy (non-hydrogen) atoms. The van der Waals surface area contributed by atoms with Crippen LogP contribution < -0.4 is 4.80 Å². The minimum atomic E-state index is -0.179. The third-order valence-electron chi connectivity index (χ3n) is 3.63. The predicted octanol–water partition coefficient (Wildman–Crippen LogP) is 4.20. The average molecular weight is 324 g/mol. The van der Waals surface area contributed by atoms with Crippen molar-refractivity contribution in [3.05, 3.63) is 63.6 Å². The first-order valence-corrected chi connectivity index (χ1v) is 8.53. The molecule has 4 aromatic rings. The van der Waals surface area contributed by atoms with Gasteiger partial charge in [0.2, 0.25) is 0 Å². The second-order valence-corrected chi connectivity index (χ2v) is 6.90. The van der Waals surface area contributed by atoms with E-state index in [0.717, 1.165) is 10.3 Å². The molecule has 108 valence electrons. The number of rotatable bonds is 1. The van der Waals surface area contributed by atoms with E-state index in [0.29, 0.717) is 4.88 Å². The van der Waals surface area contributed by atoms with Gasteiger partial charge < -0.3 is 4.57 Å². The molecule has 0 fully saturated rings. The number of hydrogen-bond acceptors (Lipinski definition) is 3. The van der Waals surface area contributed by atoms with Crippen molar-refractivity contribution in [3.63, 3.8) is 0 Å². The number of thiazole rings is 1. The Morgan fingerprint density at radius 3 is 2.77 bits per heavy atom. The summed E-state index contributed by atoms with van der Waals surface area (Å²) in [5, 5.41) is 4.29. The van der Waals surface area contributed by atoms with E-state index in [1.165, 1.54) is 26.8 Å². The van der Waals surface area contributed by atoms with E-state index in [2.05, 4.69) is 29.3 Å². The number of nitrogens with zero attached hydrogens (tertiary/aromatic N) is 2. The van der Waals surface area contributed by atoms with Gasteiger partial charge in [-0.1, -0.05) is 47.7 Å². The fourth-order valence-corrected chi connectivity index (χ4v) is 4.26. The summed E-state index contributed by atoms with van der Waals surface area (Å²) in [6.07, 6.45) is 0. The molecule has 0 radical (unpaired) electrons. The number of thiophene rings is 1. The maximum atomic E-state index is 12.2. The van der Waals surface area contributed by atoms with Crippen LogP contribution in [0.5, 0.6) is 0 Å². The topological polar surface area (TPSA) is 34.4 Å². The second kappa shape index (κ2) is 5.19. The Balaban J connectivity index is 1.98. The molecule has 0 atom stereocenters. The fraction of sp³-hybridized carbons (Fsp3) is 0.0588. The quantitative estimate of drug-likeness (QED) is 0.517. The second-order valence-electron chi connectivity index (χ2n) is 4.97. The van der Waals surface area contributed by atoms with E-state index in [4.69, 9.17) is 0 Å². The number of aryl methyl sites for hydroxylation is 1. The summed E-state index contributed by atoms with van der Waals surface area (Å²) in [7, 11) is 1.95. The van der Waals surface area contributed by atoms with Crippen LogP contribution in [-0.2, 0) is 7.05 Å². The molecular formula is C17H12N2OS2. The number of aromatic nitrogens is 1. The standard InChI is InChI=1S/C17H12N2OS2/c1-19-13-9-8-11-5-2-3-6-12(11)15(13)22-17(19)18-16(20)14-7-4-10-21-14/h2-10H,1H3. The van der Waals surface area contributed by atoms with E-state index in [1.807, 2.05) is 35.2 Å². The monoisotopic (exact) mass is 324 g/mol. The van der Waals surface area contributed by atoms with Crippen LogP contribution in [0.25, 0.3) is 21.0 Å². The van der Waals surface area contributed by atoms with Crippen molar-refractivity contribution in [2.24, 2.45) is 12.0 Å². The van der Waals surface area contributed by atoms with Crippen molar-refractivity contribution in [1.29, 1.82) is 0 Å². The van der Waals surface area contributed by atoms with Crippen molar-refractivity contribution >= 4 is 49.6 Å². The molecule has 1 amide bonds. The van der Waals surface area contributed by atoms with E-state index in [-0.39, 0.29) is 5.91 Å². The van der Waals surface area contributed by atoms with Crippen LogP contribution in [0, 0.1) is 0 Å². The lowest BCUT2D eigenvalue weighted by molar-refractivity contribution is 0.100. The van der Waals surface area contributed by atoms with Crippen molar-refractivity contribution in [2.75, 3.05) is 0 Å². The lowest BCUT2D eigenvalue weighted by Gasteiger charge is -1.99. The molecule has 0 N–H and O–H groups in total. The van der Waals surface area contributed by atoms with E-state index in [9.17, 15) is 4.79 Å². The summed E-state index contributed by atoms with van der Waals surface area (Å²) < 4.78 is 3.15. The summed E-state index contributed by atoms with van der Waals surface area (Å²) in [5.41, 5.74) is 1.10. The summed E-state index contributed by atoms with van der Waals surface area (Å²) in [6.45, 7) is 0. The zero-order valence-electron chi connectivity index (χ0n) is 11.8. The van der Waals surface area contributed by atoms with Gasteiger partial charge in [-0.25, -0.2) is 0 Å². The molecule has 4 rings (SSSR count). The molecule has 0 aliphatic rings. The molecule has 2 aromatic heterocycles. The Morgan fingerprint density at radius 2 is 1.95 bits per heavy atom. The van der Waals surface area contributed by atoms with Crippen molar-refractivity contribution in [3.8, 4) is 0 Å². The van der Waals surface area contributed by atoms with Crippen LogP contribution in [0.1, 0.15) is 9.67 Å². The highest BCUT2D eigenvalue weighted by Crippen LogP contribution is 2.27. The summed E-state index contributed by atoms with van der Waals surface area (Å²) in [5.74, 6) is -0.179. The van der Waals surface area contributed by atoms with Gasteiger partial charge in [0, 0.05) is 12.4 Å². The molecule has 0 bridgehead atoms. The van der Waals surface area contributed by atoms with Gasteiger partial charge in [-0.15, -0.1) is 11.3 Å². The number of benzene rings is 2. The van der Waals surface area contributed by atoms with Gasteiger partial charge in [-0.2, -0.15) is 4.99 Å². The molecule has 0 saturated carbocycles. The molecule has 5 heteroatoms. The minimum Gasteiger partial charge on any atom is -0.319 e. The van der Waals surface area contributed by atoms with Crippen LogP contribution in [0.2, 0.25) is 0 Å². The lowest BCUT2D eigenvalue weighted by atomic mass is 10.1. The van der Waals surface area contributed by atoms with Gasteiger partial charge in [-0.05, 0) is 22.9 Å². The molecule has 0 saturated heterocycles. The number of carbonyl (C=O) groups is 1. The van der Waals surface area contributed by atoms with Crippen LogP contribution >= 0.6 is 22.7 Å². The van der Waals surface area contributed by atoms with Crippen LogP contribution in [0.4, 0.5) is 0 Å². The third-order valence-corrected chi connectivity index (χ3v) is 5.67. The van der Waals surface area contributed by atoms with Crippen LogP contribution in [0.3, 0.4) is 0 Å². The van der Waals surface area contributed by atoms with E-state index >= 15 is 0 Å². The smallest absolute Gasteiger partial charge is 0.289 e. The van der Waals surface area contributed by atoms with Gasteiger partial charge in [-0.3, -0.25) is 4.79 Å². The normalized spacial score (nSPS) is 12.3. The lowest BCUT2D eigenvalue weighted by Crippen LogP contribution is -2.12. The molecule has 0 aliphatic carbocycles. The first kappa shape index (κ1) is 13.4. The van der Waals surface area contributed by atoms with E-state index in [1.54, 1.807) is 17.4 Å². The molecule has 2 aromatic carbocycles. The van der Waals surface area contributed by atoms with Crippen molar-refractivity contribution in [2.45, 2.75) is 0 Å². The minimum absolute atomic E-state index is 0.179. The molecule has 0 aliphatic heterocycles. The van der Waals surface area contributed by atoms with Gasteiger partial charge in [0.25, 0.3) is 5.91 Å². The third kappa shape index (κ3) is 2.10. The van der Waals surface area contributed by atoms with Gasteiger partial charge in [0.15, 0.2) is 4.80 Å². The Hall–Kier alpha value is -2.24. The predicted molar refractivity (Wildman–Crippen MR) is 92.5 cm³/mol. The summed E-state index contributed by atoms with van der Waals surface area (Å²) >= 11 is 2.98. The van der Waals surface area contributed by atoms with Crippen LogP contribution in [0.15, 0.2) is 58.9 Å². The highest BCUT2D eigenvalue weighted by atomic mass is 32.1. The van der Waals surface area contributed by atoms with Gasteiger partial charge >= 0.3 is 0 Å². The number of carbonyl (C=O) groups excluding carboxylic acids is 1. The SMILES string of the molecule is Cn1c(=NC(=O)c2cccs2)sc2c3ccccc3ccc21. The summed E-state index contributed by atoms with van der Waals surface area (Å²) in [6, 6.07) is 16.1. The Kier molecular flexibility index (Phi) is 3.17. The first-order valence-electron chi connectivity index (χ1n) is 6.84. The molecule has 2 heterocycles. The summed E-state index contributed by atoms with van der Waals surface area (Å²) in [4.78, 5) is 17.9. The number of amides is 1. The molecular weight excluding hydrogens is 312 g/mol. The first-order chi connectivity index (χ1) is 10.7. The van der Waals surface area contributed by atoms with Gasteiger partial charge in [0.05, 0.1) is 15.1 Å². The maximum Gasteiger partial charge on any atom is 0.289 e. The zero-order chi connectivity index (χ0) is 15.1. The largest absolute Gasteiger partial charge is 0.319 e. The Labute approximate surface area is 134 Å². The number of hydrogen-bond donors (Lipinski definition) is 0. The highest BCUT2D eigenvalue weighted by Gasteiger charge is 2.09. The molecule has 0 unspecified atom stereocenters. The fourth-order valence-electron chi connectivity index (χ4n) is 2.51. The average Bonchev–Trinajstić information content (AvgIpc) is 3.17. The Bertz CT molecular complexity index is 1060. The number of fused-ring (bicyclic) bond motifs is 3. The van der Waals surface area contributed by atoms with E-state index < -0.39 is 0 Å². The highest BCUT2D eigenvalue weighted by molar-refractivity contribution is 7.17. The van der Waals surface area contributed by atoms with Crippen molar-refractivity contribution < 1.29 is 4.79 Å². The Morgan fingerprint density at radius 1 is 1.09 bits per heavy atom. The maximum absolute atomic E-state index is 12.2. The molecule has 0 spiro atoms. The van der Waals surface area contributed by atoms with Crippen molar-refractivity contribution in [1.82, 2.24) is 4.57 Å². The molecule has 3 nitrogen and oxygen atoms in total. The van der Waals surface area contributed by atoms with Gasteiger partial charge in [0.1, 0.15) is 0 Å².